The van der Waals surface area contributed by atoms with Crippen LogP contribution in [0.3, 0.4) is 0 Å². The summed E-state index contributed by atoms with van der Waals surface area (Å²) in [6.45, 7) is 19.3. The van der Waals surface area contributed by atoms with Gasteiger partial charge in [0.05, 0.1) is 26.5 Å². The monoisotopic (exact) mass is 855 g/mol. The molecule has 0 atom stereocenters. The van der Waals surface area contributed by atoms with Crippen LogP contribution in [0.5, 0.6) is 0 Å². The maximum Gasteiger partial charge on any atom is 0.162 e. The van der Waals surface area contributed by atoms with Crippen molar-refractivity contribution < 1.29 is 30.0 Å². The van der Waals surface area contributed by atoms with Crippen LogP contribution in [0.15, 0.2) is 72.9 Å². The number of aromatic nitrogens is 3. The van der Waals surface area contributed by atoms with Crippen molar-refractivity contribution in [3.63, 3.8) is 0 Å². The van der Waals surface area contributed by atoms with Gasteiger partial charge in [-0.1, -0.05) is 91.5 Å². The van der Waals surface area contributed by atoms with Crippen LogP contribution in [0.2, 0.25) is 0 Å². The average molecular weight is 855 g/mol. The van der Waals surface area contributed by atoms with Gasteiger partial charge in [0.15, 0.2) is 5.78 Å². The minimum atomic E-state index is 0. The van der Waals surface area contributed by atoms with Gasteiger partial charge in [-0.15, -0.1) is 40.5 Å². The molecule has 0 aliphatic rings. The molecule has 0 saturated carbocycles. The molecule has 263 valence electrons. The molecule has 3 aromatic heterocycles. The van der Waals surface area contributed by atoms with Crippen molar-refractivity contribution in [1.29, 1.82) is 0 Å². The first-order valence-electron chi connectivity index (χ1n) is 17.5. The van der Waals surface area contributed by atoms with Gasteiger partial charge < -0.3 is 5.11 Å². The van der Waals surface area contributed by atoms with Gasteiger partial charge in [-0.3, -0.25) is 14.8 Å². The Bertz CT molecular complexity index is 1860. The summed E-state index contributed by atoms with van der Waals surface area (Å²) in [5.74, 6) is 1.16. The van der Waals surface area contributed by atoms with Crippen molar-refractivity contribution in [3.05, 3.63) is 90.1 Å². The summed E-state index contributed by atoms with van der Waals surface area (Å²) in [5, 5.41) is 12.1. The number of hydrogen-bond donors (Lipinski definition) is 1. The van der Waals surface area contributed by atoms with Crippen LogP contribution in [0.25, 0.3) is 42.8 Å². The molecule has 5 aromatic rings. The van der Waals surface area contributed by atoms with E-state index in [4.69, 9.17) is 4.98 Å². The maximum atomic E-state index is 11.7. The van der Waals surface area contributed by atoms with E-state index in [0.29, 0.717) is 5.92 Å². The fourth-order valence-electron chi connectivity index (χ4n) is 6.07. The molecular weight excluding hydrogens is 803 g/mol. The Labute approximate surface area is 311 Å². The minimum absolute atomic E-state index is 0. The molecule has 0 spiro atoms. The van der Waals surface area contributed by atoms with Crippen LogP contribution in [-0.4, -0.2) is 25.8 Å². The number of ketones is 1. The number of carbonyl (C=O) groups excluding carboxylic acids is 1. The number of hydrogen-bond acceptors (Lipinski definition) is 6. The SMILES string of the molecule is CC(C)Cc1cnc2cc(-c3cc(-c4[c-]c5ccccc5c(C(C)(C)C)c4)ncn3)sc2c1.CCC(CC)C(=O)/C=C(\O)C(CC)CC.[Ir]. The third-order valence-corrected chi connectivity index (χ3v) is 10.0. The molecular formula is C42H52IrN3O2S-. The summed E-state index contributed by atoms with van der Waals surface area (Å²) in [7, 11) is 0. The van der Waals surface area contributed by atoms with Crippen LogP contribution in [0.4, 0.5) is 0 Å². The fraction of sp³-hybridized carbons (Fsp3) is 0.429. The van der Waals surface area contributed by atoms with Gasteiger partial charge in [-0.25, -0.2) is 4.98 Å². The molecule has 49 heavy (non-hydrogen) atoms. The quantitative estimate of drug-likeness (QED) is 0.0814. The van der Waals surface area contributed by atoms with Crippen molar-refractivity contribution >= 4 is 38.1 Å². The normalized spacial score (nSPS) is 12.0. The van der Waals surface area contributed by atoms with E-state index in [-0.39, 0.29) is 48.9 Å². The Kier molecular flexibility index (Phi) is 14.9. The number of nitrogens with zero attached hydrogens (tertiary/aromatic N) is 3. The van der Waals surface area contributed by atoms with E-state index in [1.807, 2.05) is 33.9 Å². The summed E-state index contributed by atoms with van der Waals surface area (Å²) < 4.78 is 1.20. The van der Waals surface area contributed by atoms with Crippen LogP contribution in [-0.2, 0) is 36.7 Å². The van der Waals surface area contributed by atoms with E-state index in [9.17, 15) is 9.90 Å². The molecule has 5 rings (SSSR count). The summed E-state index contributed by atoms with van der Waals surface area (Å²) >= 11 is 1.74. The maximum absolute atomic E-state index is 11.7. The third kappa shape index (κ3) is 10.4. The van der Waals surface area contributed by atoms with Crippen LogP contribution < -0.4 is 0 Å². The summed E-state index contributed by atoms with van der Waals surface area (Å²) in [6.07, 6.45) is 9.61. The molecule has 0 amide bonds. The minimum Gasteiger partial charge on any atom is -0.512 e. The zero-order valence-corrected chi connectivity index (χ0v) is 33.8. The number of thiophene rings is 1. The molecule has 0 aliphatic heterocycles. The Balaban J connectivity index is 0.000000347. The van der Waals surface area contributed by atoms with E-state index in [1.54, 1.807) is 17.7 Å². The average Bonchev–Trinajstić information content (AvgIpc) is 3.49. The van der Waals surface area contributed by atoms with Gasteiger partial charge in [-0.05, 0) is 67.2 Å². The van der Waals surface area contributed by atoms with Gasteiger partial charge in [0.1, 0.15) is 6.33 Å². The number of aliphatic hydroxyl groups excluding tert-OH is 1. The predicted molar refractivity (Wildman–Crippen MR) is 204 cm³/mol. The number of allylic oxidation sites excluding steroid dienone is 2. The summed E-state index contributed by atoms with van der Waals surface area (Å²) in [6, 6.07) is 20.8. The van der Waals surface area contributed by atoms with Crippen molar-refractivity contribution in [1.82, 2.24) is 15.0 Å². The smallest absolute Gasteiger partial charge is 0.162 e. The van der Waals surface area contributed by atoms with Crippen LogP contribution in [0, 0.1) is 23.8 Å². The van der Waals surface area contributed by atoms with Gasteiger partial charge in [0.25, 0.3) is 0 Å². The number of benzene rings is 2. The standard InChI is InChI=1S/C29H28N3S.C13H24O2.Ir/c1-18(2)10-19-11-27-26(30-16-19)15-28(33-27)25-14-24(31-17-32-25)21-12-20-8-6-7-9-22(20)23(13-21)29(3,4)5;1-5-10(6-2)12(14)9-13(15)11(7-3)8-4;/h6-9,11,13-18H,10H2,1-5H3;9-11,14H,5-8H2,1-4H3;/q-1;;/b;12-9-;. The van der Waals surface area contributed by atoms with E-state index < -0.39 is 0 Å². The summed E-state index contributed by atoms with van der Waals surface area (Å²) in [5.41, 5.74) is 6.44. The predicted octanol–water partition coefficient (Wildman–Crippen LogP) is 11.7. The van der Waals surface area contributed by atoms with Crippen molar-refractivity contribution in [2.24, 2.45) is 17.8 Å². The molecule has 1 N–H and O–H groups in total. The first kappa shape index (κ1) is 40.2. The number of fused-ring (bicyclic) bond motifs is 2. The topological polar surface area (TPSA) is 76.0 Å². The Morgan fingerprint density at radius 1 is 0.898 bits per heavy atom. The van der Waals surface area contributed by atoms with Crippen molar-refractivity contribution in [2.75, 3.05) is 0 Å². The molecule has 0 bridgehead atoms. The fourth-order valence-corrected chi connectivity index (χ4v) is 7.12. The Morgan fingerprint density at radius 2 is 1.55 bits per heavy atom. The zero-order chi connectivity index (χ0) is 35.0. The van der Waals surface area contributed by atoms with Crippen molar-refractivity contribution in [2.45, 2.75) is 99.8 Å². The summed E-state index contributed by atoms with van der Waals surface area (Å²) in [4.78, 5) is 26.7. The van der Waals surface area contributed by atoms with E-state index in [2.05, 4.69) is 99.2 Å². The first-order valence-corrected chi connectivity index (χ1v) is 18.3. The Hall–Kier alpha value is -3.25. The molecule has 3 heterocycles. The van der Waals surface area contributed by atoms with Crippen LogP contribution >= 0.6 is 11.3 Å². The molecule has 1 radical (unpaired) electrons. The third-order valence-electron chi connectivity index (χ3n) is 8.93. The van der Waals surface area contributed by atoms with Gasteiger partial charge in [0.2, 0.25) is 0 Å². The second kappa shape index (κ2) is 18.1. The van der Waals surface area contributed by atoms with Gasteiger partial charge in [0, 0.05) is 49.9 Å². The van der Waals surface area contributed by atoms with Gasteiger partial charge >= 0.3 is 0 Å². The molecule has 0 fully saturated rings. The number of pyridine rings is 1. The van der Waals surface area contributed by atoms with Crippen molar-refractivity contribution in [3.8, 4) is 21.8 Å². The zero-order valence-electron chi connectivity index (χ0n) is 30.6. The molecule has 0 unspecified atom stereocenters. The molecule has 5 nitrogen and oxygen atoms in total. The Morgan fingerprint density at radius 3 is 2.18 bits per heavy atom. The number of aliphatic hydroxyl groups is 1. The van der Waals surface area contributed by atoms with Crippen LogP contribution in [0.1, 0.15) is 99.1 Å². The molecule has 2 aromatic carbocycles. The number of rotatable bonds is 11. The molecule has 0 aliphatic carbocycles. The largest absolute Gasteiger partial charge is 0.512 e. The van der Waals surface area contributed by atoms with E-state index in [0.717, 1.165) is 64.8 Å². The van der Waals surface area contributed by atoms with E-state index >= 15 is 0 Å². The second-order valence-electron chi connectivity index (χ2n) is 14.1. The first-order chi connectivity index (χ1) is 22.9. The molecule has 0 saturated heterocycles. The van der Waals surface area contributed by atoms with Gasteiger partial charge in [-0.2, -0.15) is 0 Å². The molecule has 7 heteroatoms. The second-order valence-corrected chi connectivity index (χ2v) is 15.2. The van der Waals surface area contributed by atoms with E-state index in [1.165, 1.54) is 27.3 Å². The number of carbonyl (C=O) groups is 1.